The van der Waals surface area contributed by atoms with Crippen molar-refractivity contribution in [3.63, 3.8) is 0 Å². The molecule has 0 amide bonds. The molecule has 0 aliphatic carbocycles. The summed E-state index contributed by atoms with van der Waals surface area (Å²) in [5.41, 5.74) is -1.11. The van der Waals surface area contributed by atoms with E-state index in [2.05, 4.69) is 4.98 Å². The summed E-state index contributed by atoms with van der Waals surface area (Å²) in [4.78, 5) is 26.0. The van der Waals surface area contributed by atoms with Crippen LogP contribution in [-0.4, -0.2) is 82.4 Å². The van der Waals surface area contributed by atoms with E-state index in [1.807, 2.05) is 0 Å². The van der Waals surface area contributed by atoms with Crippen molar-refractivity contribution < 1.29 is 38.3 Å². The average Bonchev–Trinajstić information content (AvgIpc) is 3.37. The van der Waals surface area contributed by atoms with E-state index in [9.17, 15) is 14.7 Å². The Balaban J connectivity index is 1.33. The number of aliphatic hydroxyl groups excluding tert-OH is 1. The quantitative estimate of drug-likeness (QED) is 0.579. The van der Waals surface area contributed by atoms with Crippen LogP contribution in [-0.2, 0) is 33.2 Å². The lowest BCUT2D eigenvalue weighted by Crippen LogP contribution is -2.37. The van der Waals surface area contributed by atoms with Crippen molar-refractivity contribution in [1.82, 2.24) is 9.55 Å². The Hall–Kier alpha value is -1.64. The molecule has 4 fully saturated rings. The fraction of sp³-hybridized carbons (Fsp3) is 0.800. The molecule has 0 spiro atoms. The van der Waals surface area contributed by atoms with E-state index in [0.29, 0.717) is 0 Å². The van der Waals surface area contributed by atoms with Gasteiger partial charge in [0.1, 0.15) is 36.6 Å². The summed E-state index contributed by atoms with van der Waals surface area (Å²) < 4.78 is 42.9. The number of aromatic nitrogens is 2. The number of ether oxygens (including phenoxy) is 7. The zero-order valence-corrected chi connectivity index (χ0v) is 18.3. The van der Waals surface area contributed by atoms with Crippen LogP contribution >= 0.6 is 0 Å². The van der Waals surface area contributed by atoms with E-state index in [0.717, 1.165) is 0 Å². The largest absolute Gasteiger partial charge is 0.394 e. The van der Waals surface area contributed by atoms with Crippen molar-refractivity contribution >= 4 is 0 Å². The van der Waals surface area contributed by atoms with Gasteiger partial charge in [0.05, 0.1) is 13.2 Å². The van der Waals surface area contributed by atoms with Crippen molar-refractivity contribution in [2.75, 3.05) is 13.2 Å². The highest BCUT2D eigenvalue weighted by Crippen LogP contribution is 2.43. The maximum atomic E-state index is 12.3. The molecule has 8 atom stereocenters. The van der Waals surface area contributed by atoms with Crippen LogP contribution in [0.1, 0.15) is 33.9 Å². The molecular formula is C20H28N2O10. The minimum Gasteiger partial charge on any atom is -0.394 e. The van der Waals surface area contributed by atoms with Gasteiger partial charge in [0.25, 0.3) is 5.56 Å². The molecule has 0 saturated carbocycles. The Morgan fingerprint density at radius 1 is 0.969 bits per heavy atom. The molecule has 1 aromatic heterocycles. The van der Waals surface area contributed by atoms with Gasteiger partial charge >= 0.3 is 5.69 Å². The highest BCUT2D eigenvalue weighted by atomic mass is 16.8. The first kappa shape index (κ1) is 22.2. The van der Waals surface area contributed by atoms with Gasteiger partial charge in [-0.05, 0) is 27.7 Å². The van der Waals surface area contributed by atoms with Crippen LogP contribution in [0.5, 0.6) is 0 Å². The molecule has 5 heterocycles. The second kappa shape index (κ2) is 7.71. The smallest absolute Gasteiger partial charge is 0.330 e. The Kier molecular flexibility index (Phi) is 5.34. The maximum Gasteiger partial charge on any atom is 0.330 e. The number of H-pyrrole nitrogens is 1. The van der Waals surface area contributed by atoms with Crippen molar-refractivity contribution in [3.8, 4) is 0 Å². The number of aromatic amines is 1. The van der Waals surface area contributed by atoms with E-state index < -0.39 is 72.0 Å². The topological polar surface area (TPSA) is 140 Å². The molecule has 0 bridgehead atoms. The van der Waals surface area contributed by atoms with Crippen LogP contribution in [0.15, 0.2) is 21.9 Å². The lowest BCUT2D eigenvalue weighted by atomic mass is 10.1. The zero-order valence-electron chi connectivity index (χ0n) is 18.3. The monoisotopic (exact) mass is 456 g/mol. The summed E-state index contributed by atoms with van der Waals surface area (Å²) in [6.07, 6.45) is -3.44. The second-order valence-electron chi connectivity index (χ2n) is 9.27. The van der Waals surface area contributed by atoms with E-state index in [1.54, 1.807) is 27.7 Å². The predicted octanol–water partition coefficient (Wildman–Crippen LogP) is -0.792. The van der Waals surface area contributed by atoms with Gasteiger partial charge in [-0.25, -0.2) is 4.79 Å². The van der Waals surface area contributed by atoms with Gasteiger partial charge in [0.15, 0.2) is 24.1 Å². The lowest BCUT2D eigenvalue weighted by Gasteiger charge is -2.26. The molecular weight excluding hydrogens is 428 g/mol. The first-order chi connectivity index (χ1) is 15.1. The fourth-order valence-electron chi connectivity index (χ4n) is 4.76. The molecule has 12 nitrogen and oxygen atoms in total. The van der Waals surface area contributed by atoms with E-state index in [-0.39, 0.29) is 13.2 Å². The molecule has 0 unspecified atom stereocenters. The van der Waals surface area contributed by atoms with E-state index in [1.165, 1.54) is 16.8 Å². The van der Waals surface area contributed by atoms with Gasteiger partial charge in [-0.2, -0.15) is 0 Å². The Morgan fingerprint density at radius 2 is 1.59 bits per heavy atom. The van der Waals surface area contributed by atoms with Crippen molar-refractivity contribution in [3.05, 3.63) is 33.1 Å². The number of nitrogens with zero attached hydrogens (tertiary/aromatic N) is 1. The van der Waals surface area contributed by atoms with E-state index in [4.69, 9.17) is 33.2 Å². The van der Waals surface area contributed by atoms with Crippen LogP contribution in [0.2, 0.25) is 0 Å². The predicted molar refractivity (Wildman–Crippen MR) is 105 cm³/mol. The molecule has 5 rings (SSSR count). The Bertz CT molecular complexity index is 974. The number of nitrogens with one attached hydrogen (secondary N) is 1. The number of aliphatic hydroxyl groups is 1. The number of fused-ring (bicyclic) bond motifs is 2. The Labute approximate surface area is 183 Å². The van der Waals surface area contributed by atoms with Crippen molar-refractivity contribution in [2.45, 2.75) is 88.4 Å². The van der Waals surface area contributed by atoms with Crippen molar-refractivity contribution in [1.29, 1.82) is 0 Å². The molecule has 4 aliphatic heterocycles. The summed E-state index contributed by atoms with van der Waals surface area (Å²) >= 11 is 0. The first-order valence-electron chi connectivity index (χ1n) is 10.6. The third-order valence-corrected chi connectivity index (χ3v) is 5.96. The molecule has 2 N–H and O–H groups in total. The van der Waals surface area contributed by atoms with Crippen LogP contribution in [0, 0.1) is 0 Å². The lowest BCUT2D eigenvalue weighted by molar-refractivity contribution is -0.249. The minimum atomic E-state index is -0.884. The molecule has 4 aliphatic rings. The van der Waals surface area contributed by atoms with Crippen LogP contribution < -0.4 is 11.2 Å². The van der Waals surface area contributed by atoms with Gasteiger partial charge in [0, 0.05) is 12.3 Å². The van der Waals surface area contributed by atoms with E-state index >= 15 is 0 Å². The fourth-order valence-corrected chi connectivity index (χ4v) is 4.76. The third kappa shape index (κ3) is 3.84. The minimum absolute atomic E-state index is 0.0605. The molecule has 1 aromatic rings. The SMILES string of the molecule is CC1(C)O[C@@H]2[C@H](O1)[C@@H](CO[C@@H]1O[C@H](CO)[C@H]3OC(C)(C)O[C@@H]13)O[C@H]2n1ccc(=O)[nH]c1=O. The molecule has 0 aromatic carbocycles. The van der Waals surface area contributed by atoms with Crippen LogP contribution in [0.3, 0.4) is 0 Å². The summed E-state index contributed by atoms with van der Waals surface area (Å²) in [6.45, 7) is 6.97. The molecule has 0 radical (unpaired) electrons. The first-order valence-corrected chi connectivity index (χ1v) is 10.6. The van der Waals surface area contributed by atoms with Crippen LogP contribution in [0.4, 0.5) is 0 Å². The maximum absolute atomic E-state index is 12.3. The van der Waals surface area contributed by atoms with Gasteiger partial charge < -0.3 is 38.3 Å². The van der Waals surface area contributed by atoms with Gasteiger partial charge in [-0.15, -0.1) is 0 Å². The molecule has 32 heavy (non-hydrogen) atoms. The molecule has 12 heteroatoms. The summed E-state index contributed by atoms with van der Waals surface area (Å²) in [5.74, 6) is -1.70. The molecule has 178 valence electrons. The van der Waals surface area contributed by atoms with Crippen molar-refractivity contribution in [2.24, 2.45) is 0 Å². The number of hydrogen-bond donors (Lipinski definition) is 2. The summed E-state index contributed by atoms with van der Waals surface area (Å²) in [6, 6.07) is 1.24. The Morgan fingerprint density at radius 3 is 2.25 bits per heavy atom. The second-order valence-corrected chi connectivity index (χ2v) is 9.27. The molecule has 4 saturated heterocycles. The zero-order chi connectivity index (χ0) is 22.8. The summed E-state index contributed by atoms with van der Waals surface area (Å²) in [7, 11) is 0. The standard InChI is InChI=1S/C20H28N2O10/c1-19(2)30-13-10(27-16(14(13)31-19)22-6-5-11(24)21-18(22)25)8-26-17-15-12(9(7-23)28-17)29-20(3,4)32-15/h5-6,9-10,12-17,23H,7-8H2,1-4H3,(H,21,24,25)/t9-,10-,12-,13-,14-,15-,16-,17-/m1/s1. The van der Waals surface area contributed by atoms with Crippen LogP contribution in [0.25, 0.3) is 0 Å². The van der Waals surface area contributed by atoms with Gasteiger partial charge in [-0.1, -0.05) is 0 Å². The highest BCUT2D eigenvalue weighted by molar-refractivity contribution is 5.00. The van der Waals surface area contributed by atoms with Gasteiger partial charge in [0.2, 0.25) is 0 Å². The van der Waals surface area contributed by atoms with Gasteiger partial charge in [-0.3, -0.25) is 14.3 Å². The summed E-state index contributed by atoms with van der Waals surface area (Å²) in [5, 5.41) is 9.63. The third-order valence-electron chi connectivity index (χ3n) is 5.96. The number of rotatable bonds is 5. The highest BCUT2D eigenvalue weighted by Gasteiger charge is 2.58. The number of hydrogen-bond acceptors (Lipinski definition) is 10. The average molecular weight is 456 g/mol. The normalized spacial score (nSPS) is 41.7.